The standard InChI is InChI=1S/C25H22F3N7O2/c1-24(2,37)16-7-17(8-16)34-13-15-6-20(21(9-19(15)33-34)35-12-14(10-29)11-30-35)32-23(36)18-4-3-5-22(31-18)25(26,27)28/h3-6,9,11-13,16-17,37H,7-8H2,1-2H3,(H,32,36). The molecule has 1 aromatic carbocycles. The maximum absolute atomic E-state index is 13.1. The fourth-order valence-electron chi connectivity index (χ4n) is 4.35. The predicted octanol–water partition coefficient (Wildman–Crippen LogP) is 4.48. The summed E-state index contributed by atoms with van der Waals surface area (Å²) < 4.78 is 42.5. The maximum atomic E-state index is 13.1. The van der Waals surface area contributed by atoms with Crippen molar-refractivity contribution in [3.8, 4) is 11.8 Å². The van der Waals surface area contributed by atoms with Crippen LogP contribution in [0.1, 0.15) is 54.5 Å². The highest BCUT2D eigenvalue weighted by Gasteiger charge is 2.40. The van der Waals surface area contributed by atoms with E-state index in [1.54, 1.807) is 26.0 Å². The summed E-state index contributed by atoms with van der Waals surface area (Å²) >= 11 is 0. The predicted molar refractivity (Wildman–Crippen MR) is 127 cm³/mol. The average Bonchev–Trinajstić information content (AvgIpc) is 3.42. The molecular weight excluding hydrogens is 487 g/mol. The molecule has 190 valence electrons. The second-order valence-corrected chi connectivity index (χ2v) is 9.66. The molecule has 4 aromatic rings. The number of hydrogen-bond donors (Lipinski definition) is 2. The third-order valence-electron chi connectivity index (χ3n) is 6.60. The van der Waals surface area contributed by atoms with Gasteiger partial charge in [-0.15, -0.1) is 0 Å². The van der Waals surface area contributed by atoms with Crippen LogP contribution in [0, 0.1) is 17.2 Å². The van der Waals surface area contributed by atoms with E-state index in [0.29, 0.717) is 16.6 Å². The molecule has 0 spiro atoms. The van der Waals surface area contributed by atoms with Gasteiger partial charge in [-0.05, 0) is 56.9 Å². The first-order valence-electron chi connectivity index (χ1n) is 11.5. The molecule has 0 bridgehead atoms. The van der Waals surface area contributed by atoms with Crippen molar-refractivity contribution in [3.05, 3.63) is 65.9 Å². The van der Waals surface area contributed by atoms with E-state index in [1.165, 1.54) is 23.1 Å². The monoisotopic (exact) mass is 509 g/mol. The quantitative estimate of drug-likeness (QED) is 0.409. The van der Waals surface area contributed by atoms with E-state index in [2.05, 4.69) is 20.5 Å². The van der Waals surface area contributed by atoms with Crippen LogP contribution in [0.4, 0.5) is 18.9 Å². The summed E-state index contributed by atoms with van der Waals surface area (Å²) in [5, 5.41) is 31.6. The number of carbonyl (C=O) groups is 1. The van der Waals surface area contributed by atoms with Crippen LogP contribution in [0.25, 0.3) is 16.6 Å². The number of benzene rings is 1. The van der Waals surface area contributed by atoms with Crippen molar-refractivity contribution in [2.45, 2.75) is 44.5 Å². The van der Waals surface area contributed by atoms with Crippen molar-refractivity contribution in [2.75, 3.05) is 5.32 Å². The van der Waals surface area contributed by atoms with Crippen LogP contribution in [0.3, 0.4) is 0 Å². The second-order valence-electron chi connectivity index (χ2n) is 9.66. The summed E-state index contributed by atoms with van der Waals surface area (Å²) in [5.41, 5.74) is -0.826. The van der Waals surface area contributed by atoms with Crippen molar-refractivity contribution in [1.29, 1.82) is 5.26 Å². The molecule has 1 aliphatic rings. The number of aliphatic hydroxyl groups is 1. The van der Waals surface area contributed by atoms with Gasteiger partial charge in [0.25, 0.3) is 5.91 Å². The first kappa shape index (κ1) is 24.5. The zero-order valence-electron chi connectivity index (χ0n) is 19.9. The lowest BCUT2D eigenvalue weighted by molar-refractivity contribution is -0.141. The minimum Gasteiger partial charge on any atom is -0.390 e. The van der Waals surface area contributed by atoms with Crippen LogP contribution in [-0.2, 0) is 6.18 Å². The number of anilines is 1. The zero-order chi connectivity index (χ0) is 26.5. The van der Waals surface area contributed by atoms with Gasteiger partial charge in [-0.2, -0.15) is 28.6 Å². The summed E-state index contributed by atoms with van der Waals surface area (Å²) in [6, 6.07) is 8.52. The number of alkyl halides is 3. The third kappa shape index (κ3) is 4.77. The van der Waals surface area contributed by atoms with Gasteiger partial charge in [-0.1, -0.05) is 6.07 Å². The van der Waals surface area contributed by atoms with Crippen molar-refractivity contribution in [2.24, 2.45) is 5.92 Å². The van der Waals surface area contributed by atoms with E-state index in [9.17, 15) is 28.3 Å². The number of rotatable bonds is 5. The Labute approximate surface area is 209 Å². The van der Waals surface area contributed by atoms with E-state index in [-0.39, 0.29) is 23.2 Å². The normalized spacial score (nSPS) is 17.9. The summed E-state index contributed by atoms with van der Waals surface area (Å²) in [5.74, 6) is -0.678. The van der Waals surface area contributed by atoms with E-state index in [1.807, 2.05) is 16.9 Å². The average molecular weight is 509 g/mol. The van der Waals surface area contributed by atoms with Crippen LogP contribution in [-0.4, -0.2) is 41.2 Å². The van der Waals surface area contributed by atoms with Crippen LogP contribution < -0.4 is 5.32 Å². The molecule has 1 fully saturated rings. The molecule has 0 saturated heterocycles. The molecule has 0 aliphatic heterocycles. The number of aromatic nitrogens is 5. The smallest absolute Gasteiger partial charge is 0.390 e. The molecule has 2 N–H and O–H groups in total. The number of nitrogens with zero attached hydrogens (tertiary/aromatic N) is 6. The molecule has 37 heavy (non-hydrogen) atoms. The Balaban J connectivity index is 1.51. The molecule has 1 aliphatic carbocycles. The highest BCUT2D eigenvalue weighted by Crippen LogP contribution is 2.44. The molecule has 0 atom stereocenters. The molecule has 1 saturated carbocycles. The van der Waals surface area contributed by atoms with Crippen molar-refractivity contribution < 1.29 is 23.1 Å². The highest BCUT2D eigenvalue weighted by molar-refractivity contribution is 6.05. The van der Waals surface area contributed by atoms with Crippen molar-refractivity contribution in [1.82, 2.24) is 24.5 Å². The lowest BCUT2D eigenvalue weighted by Crippen LogP contribution is -2.41. The van der Waals surface area contributed by atoms with Crippen LogP contribution in [0.5, 0.6) is 0 Å². The Bertz CT molecular complexity index is 1540. The second kappa shape index (κ2) is 8.70. The Morgan fingerprint density at radius 2 is 1.97 bits per heavy atom. The number of nitriles is 1. The number of carbonyl (C=O) groups excluding carboxylic acids is 1. The number of amides is 1. The largest absolute Gasteiger partial charge is 0.433 e. The van der Waals surface area contributed by atoms with Gasteiger partial charge >= 0.3 is 6.18 Å². The van der Waals surface area contributed by atoms with E-state index in [0.717, 1.165) is 25.0 Å². The summed E-state index contributed by atoms with van der Waals surface area (Å²) in [6.45, 7) is 3.57. The maximum Gasteiger partial charge on any atom is 0.433 e. The van der Waals surface area contributed by atoms with Crippen molar-refractivity contribution in [3.63, 3.8) is 0 Å². The Hall–Kier alpha value is -4.24. The van der Waals surface area contributed by atoms with Gasteiger partial charge in [0.05, 0.1) is 40.3 Å². The number of fused-ring (bicyclic) bond motifs is 1. The minimum atomic E-state index is -4.69. The summed E-state index contributed by atoms with van der Waals surface area (Å²) in [7, 11) is 0. The Morgan fingerprint density at radius 3 is 2.62 bits per heavy atom. The molecule has 0 radical (unpaired) electrons. The number of halogens is 3. The third-order valence-corrected chi connectivity index (χ3v) is 6.60. The molecule has 0 unspecified atom stereocenters. The first-order valence-corrected chi connectivity index (χ1v) is 11.5. The lowest BCUT2D eigenvalue weighted by Gasteiger charge is -2.42. The van der Waals surface area contributed by atoms with Gasteiger partial charge in [0, 0.05) is 17.8 Å². The SMILES string of the molecule is CC(C)(O)C1CC(n2cc3cc(NC(=O)c4cccc(C(F)(F)F)n4)c(-n4cc(C#N)cn4)cc3n2)C1. The fourth-order valence-corrected chi connectivity index (χ4v) is 4.35. The molecule has 12 heteroatoms. The first-order chi connectivity index (χ1) is 17.4. The number of hydrogen-bond acceptors (Lipinski definition) is 6. The van der Waals surface area contributed by atoms with E-state index >= 15 is 0 Å². The topological polar surface area (TPSA) is 122 Å². The fraction of sp³-hybridized carbons (Fsp3) is 0.320. The summed E-state index contributed by atoms with van der Waals surface area (Å²) in [6.07, 6.45) is 1.49. The minimum absolute atomic E-state index is 0.106. The van der Waals surface area contributed by atoms with Crippen molar-refractivity contribution >= 4 is 22.5 Å². The highest BCUT2D eigenvalue weighted by atomic mass is 19.4. The summed E-state index contributed by atoms with van der Waals surface area (Å²) in [4.78, 5) is 16.4. The van der Waals surface area contributed by atoms with Gasteiger partial charge < -0.3 is 10.4 Å². The zero-order valence-corrected chi connectivity index (χ0v) is 19.9. The van der Waals surface area contributed by atoms with Gasteiger partial charge in [-0.3, -0.25) is 9.48 Å². The van der Waals surface area contributed by atoms with Gasteiger partial charge in [-0.25, -0.2) is 9.67 Å². The van der Waals surface area contributed by atoms with Gasteiger partial charge in [0.1, 0.15) is 17.5 Å². The molecule has 1 amide bonds. The number of pyridine rings is 1. The van der Waals surface area contributed by atoms with Gasteiger partial charge in [0.15, 0.2) is 0 Å². The lowest BCUT2D eigenvalue weighted by atomic mass is 9.71. The Morgan fingerprint density at radius 1 is 1.22 bits per heavy atom. The van der Waals surface area contributed by atoms with Crippen LogP contribution >= 0.6 is 0 Å². The van der Waals surface area contributed by atoms with Crippen LogP contribution in [0.2, 0.25) is 0 Å². The van der Waals surface area contributed by atoms with E-state index < -0.39 is 29.1 Å². The van der Waals surface area contributed by atoms with E-state index in [4.69, 9.17) is 0 Å². The molecule has 3 aromatic heterocycles. The molecule has 3 heterocycles. The molecular formula is C25H22F3N7O2. The van der Waals surface area contributed by atoms with Crippen LogP contribution in [0.15, 0.2) is 48.9 Å². The number of nitrogens with one attached hydrogen (secondary N) is 1. The molecule has 5 rings (SSSR count). The van der Waals surface area contributed by atoms with Gasteiger partial charge in [0.2, 0.25) is 0 Å². The molecule has 9 nitrogen and oxygen atoms in total. The Kier molecular flexibility index (Phi) is 5.75.